The van der Waals surface area contributed by atoms with Gasteiger partial charge in [-0.05, 0) is 91.7 Å². The van der Waals surface area contributed by atoms with Crippen LogP contribution >= 0.6 is 23.2 Å². The Morgan fingerprint density at radius 3 is 2.02 bits per heavy atom. The molecule has 0 aliphatic heterocycles. The highest BCUT2D eigenvalue weighted by atomic mass is 35.5. The van der Waals surface area contributed by atoms with Crippen molar-refractivity contribution >= 4 is 66.2 Å². The normalized spacial score (nSPS) is 12.1. The van der Waals surface area contributed by atoms with Gasteiger partial charge >= 0.3 is 6.18 Å². The van der Waals surface area contributed by atoms with E-state index < -0.39 is 42.7 Å². The lowest BCUT2D eigenvalue weighted by atomic mass is 10.1. The number of nitrogens with one attached hydrogen (secondary N) is 3. The third-order valence-corrected chi connectivity index (χ3v) is 9.85. The van der Waals surface area contributed by atoms with Crippen LogP contribution in [0.25, 0.3) is 0 Å². The van der Waals surface area contributed by atoms with E-state index in [0.29, 0.717) is 11.8 Å². The van der Waals surface area contributed by atoms with Crippen LogP contribution in [-0.2, 0) is 26.2 Å². The number of amides is 1. The van der Waals surface area contributed by atoms with Gasteiger partial charge in [0.05, 0.1) is 26.2 Å². The van der Waals surface area contributed by atoms with Crippen LogP contribution in [0, 0.1) is 13.8 Å². The Morgan fingerprint density at radius 1 is 0.744 bits per heavy atom. The van der Waals surface area contributed by atoms with E-state index in [1.807, 2.05) is 13.0 Å². The lowest BCUT2D eigenvalue weighted by molar-refractivity contribution is -0.137. The Labute approximate surface area is 255 Å². The van der Waals surface area contributed by atoms with Crippen LogP contribution < -0.4 is 14.8 Å². The predicted molar refractivity (Wildman–Crippen MR) is 160 cm³/mol. The number of carbonyl (C=O) groups excluding carboxylic acids is 1. The van der Waals surface area contributed by atoms with Gasteiger partial charge in [-0.1, -0.05) is 35.3 Å². The highest BCUT2D eigenvalue weighted by molar-refractivity contribution is 7.93. The van der Waals surface area contributed by atoms with Gasteiger partial charge in [0.2, 0.25) is 0 Å². The van der Waals surface area contributed by atoms with Gasteiger partial charge in [-0.3, -0.25) is 14.2 Å². The molecular formula is C28H22Cl2F3N3O5S2. The molecule has 0 saturated heterocycles. The number of anilines is 3. The van der Waals surface area contributed by atoms with Gasteiger partial charge in [0.15, 0.2) is 0 Å². The van der Waals surface area contributed by atoms with E-state index in [2.05, 4.69) is 14.8 Å². The summed E-state index contributed by atoms with van der Waals surface area (Å²) < 4.78 is 95.7. The number of alkyl halides is 3. The SMILES string of the molecule is Cc1cccc(NS(=O)(=O)c2cc(C(=O)Nc3ccc(S(=O)(=O)Nc4ccc(Cl)c(C(F)(F)F)c4)cc3)ccc2Cl)c1C. The van der Waals surface area contributed by atoms with Crippen LogP contribution in [0.3, 0.4) is 0 Å². The molecule has 4 aromatic carbocycles. The molecule has 3 N–H and O–H groups in total. The topological polar surface area (TPSA) is 121 Å². The first-order chi connectivity index (χ1) is 20.0. The number of sulfonamides is 2. The molecule has 226 valence electrons. The van der Waals surface area contributed by atoms with Crippen molar-refractivity contribution < 1.29 is 34.8 Å². The summed E-state index contributed by atoms with van der Waals surface area (Å²) in [5.41, 5.74) is 0.495. The maximum absolute atomic E-state index is 13.1. The van der Waals surface area contributed by atoms with Gasteiger partial charge in [0.25, 0.3) is 26.0 Å². The van der Waals surface area contributed by atoms with Gasteiger partial charge in [-0.25, -0.2) is 16.8 Å². The molecule has 0 fully saturated rings. The van der Waals surface area contributed by atoms with Crippen molar-refractivity contribution in [3.05, 3.63) is 111 Å². The molecule has 0 bridgehead atoms. The molecule has 15 heteroatoms. The maximum Gasteiger partial charge on any atom is 0.417 e. The summed E-state index contributed by atoms with van der Waals surface area (Å²) in [6.07, 6.45) is -4.79. The van der Waals surface area contributed by atoms with Gasteiger partial charge in [0, 0.05) is 16.9 Å². The zero-order valence-electron chi connectivity index (χ0n) is 22.3. The van der Waals surface area contributed by atoms with E-state index in [-0.39, 0.29) is 31.8 Å². The van der Waals surface area contributed by atoms with E-state index in [0.717, 1.165) is 41.5 Å². The molecule has 0 radical (unpaired) electrons. The van der Waals surface area contributed by atoms with Crippen LogP contribution in [-0.4, -0.2) is 22.7 Å². The molecule has 0 aromatic heterocycles. The quantitative estimate of drug-likeness (QED) is 0.179. The fraction of sp³-hybridized carbons (Fsp3) is 0.107. The summed E-state index contributed by atoms with van der Waals surface area (Å²) in [6.45, 7) is 3.59. The number of rotatable bonds is 8. The molecule has 43 heavy (non-hydrogen) atoms. The standard InChI is InChI=1S/C28H22Cl2F3N3O5S2/c1-16-4-3-5-25(17(16)2)36-43(40,41)26-14-18(6-12-24(26)30)27(37)34-19-7-10-21(11-8-19)42(38,39)35-20-9-13-23(29)22(15-20)28(31,32)33/h3-15,35-36H,1-2H3,(H,34,37). The smallest absolute Gasteiger partial charge is 0.322 e. The lowest BCUT2D eigenvalue weighted by Crippen LogP contribution is -2.17. The van der Waals surface area contributed by atoms with Gasteiger partial charge in [0.1, 0.15) is 4.90 Å². The molecule has 4 aromatic rings. The minimum atomic E-state index is -4.79. The third-order valence-electron chi connectivity index (χ3n) is 6.28. The largest absolute Gasteiger partial charge is 0.417 e. The zero-order chi connectivity index (χ0) is 31.7. The van der Waals surface area contributed by atoms with Crippen molar-refractivity contribution in [2.45, 2.75) is 29.8 Å². The van der Waals surface area contributed by atoms with E-state index in [1.54, 1.807) is 19.1 Å². The molecule has 0 heterocycles. The Morgan fingerprint density at radius 2 is 1.37 bits per heavy atom. The summed E-state index contributed by atoms with van der Waals surface area (Å²) in [5.74, 6) is -0.713. The van der Waals surface area contributed by atoms with Crippen molar-refractivity contribution in [1.82, 2.24) is 0 Å². The minimum Gasteiger partial charge on any atom is -0.322 e. The van der Waals surface area contributed by atoms with Crippen molar-refractivity contribution in [1.29, 1.82) is 0 Å². The second-order valence-electron chi connectivity index (χ2n) is 9.27. The van der Waals surface area contributed by atoms with Gasteiger partial charge < -0.3 is 5.32 Å². The highest BCUT2D eigenvalue weighted by Crippen LogP contribution is 2.36. The second kappa shape index (κ2) is 12.1. The van der Waals surface area contributed by atoms with E-state index in [4.69, 9.17) is 23.2 Å². The summed E-state index contributed by atoms with van der Waals surface area (Å²) in [5, 5.41) is 1.83. The fourth-order valence-corrected chi connectivity index (χ4v) is 6.78. The monoisotopic (exact) mass is 671 g/mol. The third kappa shape index (κ3) is 7.42. The number of aryl methyl sites for hydroxylation is 1. The Balaban J connectivity index is 1.51. The fourth-order valence-electron chi connectivity index (χ4n) is 3.85. The molecular weight excluding hydrogens is 650 g/mol. The highest BCUT2D eigenvalue weighted by Gasteiger charge is 2.33. The first kappa shape index (κ1) is 32.1. The summed E-state index contributed by atoms with van der Waals surface area (Å²) in [7, 11) is -8.48. The molecule has 0 saturated carbocycles. The van der Waals surface area contributed by atoms with Crippen molar-refractivity contribution in [3.8, 4) is 0 Å². The molecule has 0 spiro atoms. The Kier molecular flexibility index (Phi) is 9.03. The Hall–Kier alpha value is -3.78. The zero-order valence-corrected chi connectivity index (χ0v) is 25.4. The Bertz CT molecular complexity index is 1930. The summed E-state index contributed by atoms with van der Waals surface area (Å²) in [4.78, 5) is 12.3. The second-order valence-corrected chi connectivity index (χ2v) is 13.4. The average molecular weight is 673 g/mol. The van der Waals surface area contributed by atoms with Crippen LogP contribution in [0.4, 0.5) is 30.2 Å². The van der Waals surface area contributed by atoms with E-state index in [1.165, 1.54) is 24.3 Å². The number of benzene rings is 4. The molecule has 0 atom stereocenters. The number of hydrogen-bond donors (Lipinski definition) is 3. The van der Waals surface area contributed by atoms with Crippen molar-refractivity contribution in [2.24, 2.45) is 0 Å². The molecule has 0 aliphatic rings. The molecule has 1 amide bonds. The van der Waals surface area contributed by atoms with Gasteiger partial charge in [-0.15, -0.1) is 0 Å². The predicted octanol–water partition coefficient (Wildman–Crippen LogP) is 7.48. The first-order valence-electron chi connectivity index (χ1n) is 12.2. The van der Waals surface area contributed by atoms with Crippen LogP contribution in [0.5, 0.6) is 0 Å². The lowest BCUT2D eigenvalue weighted by Gasteiger charge is -2.14. The summed E-state index contributed by atoms with van der Waals surface area (Å²) in [6, 6.07) is 16.2. The van der Waals surface area contributed by atoms with Crippen LogP contribution in [0.15, 0.2) is 88.7 Å². The average Bonchev–Trinajstić information content (AvgIpc) is 2.92. The van der Waals surface area contributed by atoms with Crippen LogP contribution in [0.2, 0.25) is 10.0 Å². The number of halogens is 5. The van der Waals surface area contributed by atoms with Crippen LogP contribution in [0.1, 0.15) is 27.0 Å². The van der Waals surface area contributed by atoms with E-state index in [9.17, 15) is 34.8 Å². The molecule has 0 unspecified atom stereocenters. The maximum atomic E-state index is 13.1. The molecule has 8 nitrogen and oxygen atoms in total. The summed E-state index contributed by atoms with van der Waals surface area (Å²) >= 11 is 11.7. The minimum absolute atomic E-state index is 0.0488. The van der Waals surface area contributed by atoms with E-state index >= 15 is 0 Å². The first-order valence-corrected chi connectivity index (χ1v) is 15.9. The van der Waals surface area contributed by atoms with Gasteiger partial charge in [-0.2, -0.15) is 13.2 Å². The van der Waals surface area contributed by atoms with Crippen molar-refractivity contribution in [2.75, 3.05) is 14.8 Å². The number of carbonyl (C=O) groups is 1. The number of hydrogen-bond acceptors (Lipinski definition) is 5. The molecule has 0 aliphatic carbocycles. The van der Waals surface area contributed by atoms with Crippen molar-refractivity contribution in [3.63, 3.8) is 0 Å². The molecule has 4 rings (SSSR count).